The average molecular weight is 246 g/mol. The second-order valence-corrected chi connectivity index (χ2v) is 5.24. The topological polar surface area (TPSA) is 15.3 Å². The summed E-state index contributed by atoms with van der Waals surface area (Å²) in [5, 5.41) is 3.22. The van der Waals surface area contributed by atoms with Crippen molar-refractivity contribution in [2.24, 2.45) is 0 Å². The van der Waals surface area contributed by atoms with E-state index in [0.717, 1.165) is 6.54 Å². The quantitative estimate of drug-likeness (QED) is 0.775. The minimum Gasteiger partial charge on any atom is -0.371 e. The molecule has 1 heterocycles. The van der Waals surface area contributed by atoms with Gasteiger partial charge in [0, 0.05) is 18.8 Å². The second-order valence-electron chi connectivity index (χ2n) is 5.24. The molecule has 0 fully saturated rings. The Balaban J connectivity index is 1.88. The predicted molar refractivity (Wildman–Crippen MR) is 79.4 cm³/mol. The van der Waals surface area contributed by atoms with Gasteiger partial charge in [-0.1, -0.05) is 24.6 Å². The molecule has 2 heteroatoms. The van der Waals surface area contributed by atoms with Gasteiger partial charge in [-0.2, -0.15) is 0 Å². The molecule has 0 aliphatic carbocycles. The van der Waals surface area contributed by atoms with Crippen molar-refractivity contribution in [3.8, 4) is 0 Å². The average Bonchev–Trinajstić information content (AvgIpc) is 2.61. The zero-order valence-corrected chi connectivity index (χ0v) is 11.6. The van der Waals surface area contributed by atoms with E-state index in [9.17, 15) is 0 Å². The molecule has 1 N–H and O–H groups in total. The third kappa shape index (κ3) is 3.74. The summed E-state index contributed by atoms with van der Waals surface area (Å²) in [6, 6.07) is 8.95. The maximum atomic E-state index is 3.22. The van der Waals surface area contributed by atoms with Crippen molar-refractivity contribution in [2.45, 2.75) is 38.5 Å². The van der Waals surface area contributed by atoms with Crippen LogP contribution in [-0.2, 0) is 6.42 Å². The van der Waals surface area contributed by atoms with Crippen LogP contribution in [-0.4, -0.2) is 26.7 Å². The third-order valence-corrected chi connectivity index (χ3v) is 3.81. The van der Waals surface area contributed by atoms with Gasteiger partial charge in [-0.05, 0) is 57.3 Å². The first-order chi connectivity index (χ1) is 8.92. The van der Waals surface area contributed by atoms with E-state index in [1.807, 2.05) is 7.05 Å². The van der Waals surface area contributed by atoms with Gasteiger partial charge in [0.25, 0.3) is 0 Å². The minimum atomic E-state index is 1.15. The Labute approximate surface area is 111 Å². The monoisotopic (exact) mass is 246 g/mol. The highest BCUT2D eigenvalue weighted by molar-refractivity contribution is 5.54. The van der Waals surface area contributed by atoms with Crippen molar-refractivity contribution in [3.63, 3.8) is 0 Å². The number of unbranched alkanes of at least 4 members (excludes halogenated alkanes) is 2. The first kappa shape index (κ1) is 13.4. The van der Waals surface area contributed by atoms with Crippen LogP contribution in [0.5, 0.6) is 0 Å². The molecule has 0 saturated heterocycles. The summed E-state index contributed by atoms with van der Waals surface area (Å²) < 4.78 is 0. The first-order valence-corrected chi connectivity index (χ1v) is 7.39. The van der Waals surface area contributed by atoms with Crippen molar-refractivity contribution in [3.05, 3.63) is 29.8 Å². The Bertz CT molecular complexity index is 349. The molecule has 1 aromatic rings. The number of nitrogens with zero attached hydrogens (tertiary/aromatic N) is 1. The van der Waals surface area contributed by atoms with Crippen LogP contribution in [0.25, 0.3) is 0 Å². The first-order valence-electron chi connectivity index (χ1n) is 7.39. The van der Waals surface area contributed by atoms with E-state index in [-0.39, 0.29) is 0 Å². The van der Waals surface area contributed by atoms with Crippen LogP contribution in [0.15, 0.2) is 24.3 Å². The molecule has 1 aliphatic rings. The number of para-hydroxylation sites is 1. The van der Waals surface area contributed by atoms with Crippen molar-refractivity contribution in [2.75, 3.05) is 31.6 Å². The number of aryl methyl sites for hydroxylation is 1. The molecule has 0 spiro atoms. The van der Waals surface area contributed by atoms with Gasteiger partial charge in [0.1, 0.15) is 0 Å². The lowest BCUT2D eigenvalue weighted by molar-refractivity contribution is 0.620. The lowest BCUT2D eigenvalue weighted by Gasteiger charge is -2.24. The molecular weight excluding hydrogens is 220 g/mol. The van der Waals surface area contributed by atoms with Gasteiger partial charge in [0.05, 0.1) is 0 Å². The van der Waals surface area contributed by atoms with Crippen molar-refractivity contribution in [1.82, 2.24) is 5.32 Å². The van der Waals surface area contributed by atoms with E-state index in [1.165, 1.54) is 57.3 Å². The largest absolute Gasteiger partial charge is 0.371 e. The summed E-state index contributed by atoms with van der Waals surface area (Å²) in [4.78, 5) is 2.60. The Hall–Kier alpha value is -1.02. The fourth-order valence-electron chi connectivity index (χ4n) is 2.78. The van der Waals surface area contributed by atoms with Gasteiger partial charge in [-0.3, -0.25) is 0 Å². The number of nitrogens with one attached hydrogen (secondary N) is 1. The number of benzene rings is 1. The fourth-order valence-corrected chi connectivity index (χ4v) is 2.78. The Kier molecular flexibility index (Phi) is 5.53. The summed E-state index contributed by atoms with van der Waals surface area (Å²) in [6.07, 6.45) is 7.88. The maximum absolute atomic E-state index is 3.22. The molecule has 18 heavy (non-hydrogen) atoms. The molecule has 0 bridgehead atoms. The Morgan fingerprint density at radius 3 is 2.89 bits per heavy atom. The number of fused-ring (bicyclic) bond motifs is 1. The van der Waals surface area contributed by atoms with E-state index in [4.69, 9.17) is 0 Å². The van der Waals surface area contributed by atoms with Crippen LogP contribution in [0.1, 0.15) is 37.7 Å². The van der Waals surface area contributed by atoms with E-state index in [0.29, 0.717) is 0 Å². The molecule has 0 saturated carbocycles. The number of anilines is 1. The maximum Gasteiger partial charge on any atom is 0.0398 e. The predicted octanol–water partition coefficient (Wildman–Crippen LogP) is 3.22. The molecule has 100 valence electrons. The van der Waals surface area contributed by atoms with Gasteiger partial charge < -0.3 is 10.2 Å². The third-order valence-electron chi connectivity index (χ3n) is 3.81. The van der Waals surface area contributed by atoms with Crippen molar-refractivity contribution in [1.29, 1.82) is 0 Å². The molecule has 2 nitrogen and oxygen atoms in total. The van der Waals surface area contributed by atoms with Crippen molar-refractivity contribution >= 4 is 5.69 Å². The molecule has 0 radical (unpaired) electrons. The molecule has 0 aromatic heterocycles. The Morgan fingerprint density at radius 1 is 1.11 bits per heavy atom. The molecule has 0 unspecified atom stereocenters. The highest BCUT2D eigenvalue weighted by Crippen LogP contribution is 2.26. The normalized spacial score (nSPS) is 15.3. The zero-order valence-electron chi connectivity index (χ0n) is 11.6. The SMILES string of the molecule is CNCCCCCN1CCCCc2ccccc21. The van der Waals surface area contributed by atoms with Crippen LogP contribution in [0.3, 0.4) is 0 Å². The highest BCUT2D eigenvalue weighted by atomic mass is 15.1. The van der Waals surface area contributed by atoms with Gasteiger partial charge in [-0.15, -0.1) is 0 Å². The van der Waals surface area contributed by atoms with Crippen LogP contribution in [0.2, 0.25) is 0 Å². The minimum absolute atomic E-state index is 1.15. The smallest absolute Gasteiger partial charge is 0.0398 e. The molecule has 0 atom stereocenters. The van der Waals surface area contributed by atoms with E-state index in [2.05, 4.69) is 34.5 Å². The number of rotatable bonds is 6. The lowest BCUT2D eigenvalue weighted by Crippen LogP contribution is -2.25. The van der Waals surface area contributed by atoms with E-state index in [1.54, 1.807) is 5.56 Å². The van der Waals surface area contributed by atoms with E-state index >= 15 is 0 Å². The molecule has 2 rings (SSSR count). The molecule has 1 aliphatic heterocycles. The zero-order chi connectivity index (χ0) is 12.6. The van der Waals surface area contributed by atoms with Gasteiger partial charge in [0.2, 0.25) is 0 Å². The van der Waals surface area contributed by atoms with Gasteiger partial charge in [-0.25, -0.2) is 0 Å². The standard InChI is InChI=1S/C16H26N2/c1-17-12-6-2-7-13-18-14-8-5-10-15-9-3-4-11-16(15)18/h3-4,9,11,17H,2,5-8,10,12-14H2,1H3. The van der Waals surface area contributed by atoms with Crippen molar-refractivity contribution < 1.29 is 0 Å². The van der Waals surface area contributed by atoms with Crippen LogP contribution in [0.4, 0.5) is 5.69 Å². The highest BCUT2D eigenvalue weighted by Gasteiger charge is 2.13. The number of hydrogen-bond acceptors (Lipinski definition) is 2. The van der Waals surface area contributed by atoms with Crippen LogP contribution < -0.4 is 10.2 Å². The number of hydrogen-bond donors (Lipinski definition) is 1. The lowest BCUT2D eigenvalue weighted by atomic mass is 10.1. The summed E-state index contributed by atoms with van der Waals surface area (Å²) in [7, 11) is 2.03. The Morgan fingerprint density at radius 2 is 2.00 bits per heavy atom. The van der Waals surface area contributed by atoms with E-state index < -0.39 is 0 Å². The summed E-state index contributed by atoms with van der Waals surface area (Å²) in [5.74, 6) is 0. The van der Waals surface area contributed by atoms with Gasteiger partial charge in [0.15, 0.2) is 0 Å². The molecule has 0 amide bonds. The van der Waals surface area contributed by atoms with Crippen LogP contribution in [0, 0.1) is 0 Å². The summed E-state index contributed by atoms with van der Waals surface area (Å²) in [5.41, 5.74) is 3.04. The van der Waals surface area contributed by atoms with Crippen LogP contribution >= 0.6 is 0 Å². The summed E-state index contributed by atoms with van der Waals surface area (Å²) in [6.45, 7) is 3.61. The molecule has 1 aromatic carbocycles. The molecular formula is C16H26N2. The summed E-state index contributed by atoms with van der Waals surface area (Å²) >= 11 is 0. The fraction of sp³-hybridized carbons (Fsp3) is 0.625. The second kappa shape index (κ2) is 7.42. The van der Waals surface area contributed by atoms with Gasteiger partial charge >= 0.3 is 0 Å².